The molecule has 3 heterocycles. The molecule has 3 aromatic heterocycles. The SMILES string of the molecule is CN=C(NCc1ccc(S(=O)(=O)N(C)C)s1)NCc1nnc2ccccn12.I. The number of hydrogen-bond donors (Lipinski definition) is 2. The van der Waals surface area contributed by atoms with Crippen molar-refractivity contribution in [2.75, 3.05) is 21.1 Å². The van der Waals surface area contributed by atoms with Gasteiger partial charge in [-0.3, -0.25) is 9.39 Å². The maximum Gasteiger partial charge on any atom is 0.252 e. The number of nitrogens with zero attached hydrogens (tertiary/aromatic N) is 5. The molecule has 3 aromatic rings. The summed E-state index contributed by atoms with van der Waals surface area (Å²) in [5, 5.41) is 14.6. The molecule has 0 saturated heterocycles. The van der Waals surface area contributed by atoms with Gasteiger partial charge in [0.2, 0.25) is 0 Å². The quantitative estimate of drug-likeness (QED) is 0.282. The van der Waals surface area contributed by atoms with Crippen molar-refractivity contribution in [2.45, 2.75) is 17.3 Å². The molecule has 0 bridgehead atoms. The van der Waals surface area contributed by atoms with Gasteiger partial charge in [0.1, 0.15) is 4.21 Å². The van der Waals surface area contributed by atoms with E-state index in [4.69, 9.17) is 0 Å². The highest BCUT2D eigenvalue weighted by atomic mass is 127. The smallest absolute Gasteiger partial charge is 0.252 e. The molecule has 9 nitrogen and oxygen atoms in total. The number of pyridine rings is 1. The van der Waals surface area contributed by atoms with Gasteiger partial charge in [-0.2, -0.15) is 0 Å². The predicted molar refractivity (Wildman–Crippen MR) is 121 cm³/mol. The zero-order valence-electron chi connectivity index (χ0n) is 15.7. The van der Waals surface area contributed by atoms with E-state index in [2.05, 4.69) is 25.8 Å². The van der Waals surface area contributed by atoms with Crippen molar-refractivity contribution in [3.05, 3.63) is 47.2 Å². The average molecular weight is 535 g/mol. The molecule has 0 radical (unpaired) electrons. The van der Waals surface area contributed by atoms with Crippen LogP contribution in [0.2, 0.25) is 0 Å². The van der Waals surface area contributed by atoms with E-state index in [0.29, 0.717) is 23.3 Å². The number of guanidine groups is 1. The number of hydrogen-bond acceptors (Lipinski definition) is 6. The summed E-state index contributed by atoms with van der Waals surface area (Å²) in [4.78, 5) is 5.08. The number of aliphatic imine (C=N–C) groups is 1. The second kappa shape index (κ2) is 9.62. The fourth-order valence-electron chi connectivity index (χ4n) is 2.34. The number of thiophene rings is 1. The van der Waals surface area contributed by atoms with E-state index in [1.807, 2.05) is 28.8 Å². The second-order valence-corrected chi connectivity index (χ2v) is 9.38. The molecule has 0 amide bonds. The van der Waals surface area contributed by atoms with E-state index in [1.165, 1.54) is 29.7 Å². The molecule has 3 rings (SSSR count). The zero-order chi connectivity index (χ0) is 19.4. The van der Waals surface area contributed by atoms with Crippen LogP contribution < -0.4 is 10.6 Å². The molecule has 0 aliphatic heterocycles. The van der Waals surface area contributed by atoms with E-state index in [0.717, 1.165) is 16.3 Å². The Bertz CT molecular complexity index is 1060. The monoisotopic (exact) mass is 535 g/mol. The van der Waals surface area contributed by atoms with Gasteiger partial charge >= 0.3 is 0 Å². The third kappa shape index (κ3) is 4.98. The lowest BCUT2D eigenvalue weighted by Crippen LogP contribution is -2.36. The molecule has 12 heteroatoms. The Morgan fingerprint density at radius 3 is 2.64 bits per heavy atom. The lowest BCUT2D eigenvalue weighted by atomic mass is 10.4. The van der Waals surface area contributed by atoms with E-state index in [1.54, 1.807) is 19.2 Å². The lowest BCUT2D eigenvalue weighted by Gasteiger charge is -2.10. The minimum absolute atomic E-state index is 0. The van der Waals surface area contributed by atoms with Gasteiger partial charge in [0.15, 0.2) is 17.4 Å². The van der Waals surface area contributed by atoms with Crippen LogP contribution in [0.15, 0.2) is 45.7 Å². The maximum atomic E-state index is 12.1. The summed E-state index contributed by atoms with van der Waals surface area (Å²) in [6, 6.07) is 9.14. The minimum Gasteiger partial charge on any atom is -0.352 e. The van der Waals surface area contributed by atoms with Crippen molar-refractivity contribution in [1.82, 2.24) is 29.5 Å². The van der Waals surface area contributed by atoms with Crippen LogP contribution in [0.4, 0.5) is 0 Å². The van der Waals surface area contributed by atoms with E-state index < -0.39 is 10.0 Å². The molecule has 0 saturated carbocycles. The zero-order valence-corrected chi connectivity index (χ0v) is 19.6. The lowest BCUT2D eigenvalue weighted by molar-refractivity contribution is 0.523. The first-order valence-corrected chi connectivity index (χ1v) is 10.4. The molecule has 0 aromatic carbocycles. The highest BCUT2D eigenvalue weighted by molar-refractivity contribution is 14.0. The van der Waals surface area contributed by atoms with Crippen LogP contribution in [-0.4, -0.2) is 54.4 Å². The van der Waals surface area contributed by atoms with Crippen LogP contribution >= 0.6 is 35.3 Å². The van der Waals surface area contributed by atoms with Gasteiger partial charge in [-0.25, -0.2) is 12.7 Å². The van der Waals surface area contributed by atoms with Gasteiger partial charge in [-0.15, -0.1) is 45.5 Å². The van der Waals surface area contributed by atoms with Gasteiger partial charge in [0, 0.05) is 32.2 Å². The van der Waals surface area contributed by atoms with Crippen molar-refractivity contribution in [1.29, 1.82) is 0 Å². The molecule has 2 N–H and O–H groups in total. The van der Waals surface area contributed by atoms with Gasteiger partial charge < -0.3 is 10.6 Å². The molecule has 0 fully saturated rings. The normalized spacial score (nSPS) is 12.2. The molecule has 152 valence electrons. The van der Waals surface area contributed by atoms with Gasteiger partial charge in [0.05, 0.1) is 13.1 Å². The van der Waals surface area contributed by atoms with Crippen molar-refractivity contribution >= 4 is 56.9 Å². The first-order valence-electron chi connectivity index (χ1n) is 8.16. The molecular weight excluding hydrogens is 513 g/mol. The molecule has 0 unspecified atom stereocenters. The molecule has 28 heavy (non-hydrogen) atoms. The Morgan fingerprint density at radius 2 is 1.93 bits per heavy atom. The van der Waals surface area contributed by atoms with Crippen LogP contribution in [0.5, 0.6) is 0 Å². The summed E-state index contributed by atoms with van der Waals surface area (Å²) in [6.07, 6.45) is 1.90. The van der Waals surface area contributed by atoms with Crippen LogP contribution in [0.3, 0.4) is 0 Å². The molecular formula is C16H22IN7O2S2. The van der Waals surface area contributed by atoms with E-state index >= 15 is 0 Å². The van der Waals surface area contributed by atoms with E-state index in [-0.39, 0.29) is 24.0 Å². The number of fused-ring (bicyclic) bond motifs is 1. The van der Waals surface area contributed by atoms with Crippen LogP contribution in [0.25, 0.3) is 5.65 Å². The van der Waals surface area contributed by atoms with Crippen molar-refractivity contribution in [3.8, 4) is 0 Å². The van der Waals surface area contributed by atoms with Gasteiger partial charge in [0.25, 0.3) is 10.0 Å². The molecule has 0 aliphatic rings. The summed E-state index contributed by atoms with van der Waals surface area (Å²) in [7, 11) is 1.32. The van der Waals surface area contributed by atoms with Crippen LogP contribution in [0.1, 0.15) is 10.7 Å². The Morgan fingerprint density at radius 1 is 1.18 bits per heavy atom. The summed E-state index contributed by atoms with van der Waals surface area (Å²) < 4.78 is 27.7. The van der Waals surface area contributed by atoms with Crippen LogP contribution in [-0.2, 0) is 23.1 Å². The summed E-state index contributed by atoms with van der Waals surface area (Å²) in [5.41, 5.74) is 0.783. The third-order valence-corrected chi connectivity index (χ3v) is 7.19. The van der Waals surface area contributed by atoms with Crippen molar-refractivity contribution in [2.24, 2.45) is 4.99 Å². The topological polar surface area (TPSA) is 104 Å². The van der Waals surface area contributed by atoms with Gasteiger partial charge in [-0.1, -0.05) is 6.07 Å². The number of sulfonamides is 1. The first kappa shape index (κ1) is 22.5. The van der Waals surface area contributed by atoms with Gasteiger partial charge in [-0.05, 0) is 24.3 Å². The van der Waals surface area contributed by atoms with Crippen molar-refractivity contribution in [3.63, 3.8) is 0 Å². The molecule has 0 spiro atoms. The Hall–Kier alpha value is -1.77. The average Bonchev–Trinajstić information content (AvgIpc) is 3.29. The summed E-state index contributed by atoms with van der Waals surface area (Å²) >= 11 is 1.24. The number of aromatic nitrogens is 3. The largest absolute Gasteiger partial charge is 0.352 e. The highest BCUT2D eigenvalue weighted by Crippen LogP contribution is 2.23. The fraction of sp³-hybridized carbons (Fsp3) is 0.312. The van der Waals surface area contributed by atoms with E-state index in [9.17, 15) is 8.42 Å². The first-order chi connectivity index (χ1) is 12.9. The number of halogens is 1. The summed E-state index contributed by atoms with van der Waals surface area (Å²) in [6.45, 7) is 0.920. The number of nitrogens with one attached hydrogen (secondary N) is 2. The fourth-order valence-corrected chi connectivity index (χ4v) is 4.80. The van der Waals surface area contributed by atoms with Crippen LogP contribution in [0, 0.1) is 0 Å². The Kier molecular flexibility index (Phi) is 7.74. The second-order valence-electron chi connectivity index (χ2n) is 5.83. The molecule has 0 atom stereocenters. The Balaban J connectivity index is 0.00000280. The summed E-state index contributed by atoms with van der Waals surface area (Å²) in [5.74, 6) is 1.36. The molecule has 0 aliphatic carbocycles. The highest BCUT2D eigenvalue weighted by Gasteiger charge is 2.19. The third-order valence-electron chi connectivity index (χ3n) is 3.82. The minimum atomic E-state index is -3.40. The van der Waals surface area contributed by atoms with Crippen molar-refractivity contribution < 1.29 is 8.42 Å². The Labute approximate surface area is 185 Å². The number of rotatable bonds is 6. The standard InChI is InChI=1S/C16H21N7O2S2.HI/c1-17-16(19-11-14-21-20-13-6-4-5-9-23(13)14)18-10-12-7-8-15(26-12)27(24,25)22(2)3;/h4-9H,10-11H2,1-3H3,(H2,17,18,19);1H. The predicted octanol–water partition coefficient (Wildman–Crippen LogP) is 1.52. The maximum absolute atomic E-state index is 12.1.